The maximum absolute atomic E-state index is 13.2. The van der Waals surface area contributed by atoms with Gasteiger partial charge in [-0.2, -0.15) is 0 Å². The summed E-state index contributed by atoms with van der Waals surface area (Å²) in [5.41, 5.74) is 2.19. The van der Waals surface area contributed by atoms with Crippen LogP contribution >= 0.6 is 11.3 Å². The number of hydrogen-bond donors (Lipinski definition) is 1. The summed E-state index contributed by atoms with van der Waals surface area (Å²) in [6.07, 6.45) is 0. The zero-order chi connectivity index (χ0) is 23.6. The quantitative estimate of drug-likeness (QED) is 0.369. The van der Waals surface area contributed by atoms with Crippen molar-refractivity contribution in [1.29, 1.82) is 0 Å². The summed E-state index contributed by atoms with van der Waals surface area (Å²) >= 11 is 1.36. The predicted molar refractivity (Wildman–Crippen MR) is 134 cm³/mol. The average Bonchev–Trinajstić information content (AvgIpc) is 3.23. The fourth-order valence-corrected chi connectivity index (χ4v) is 5.92. The lowest BCUT2D eigenvalue weighted by Crippen LogP contribution is -2.30. The van der Waals surface area contributed by atoms with Crippen LogP contribution in [0.5, 0.6) is 5.75 Å². The molecule has 8 heteroatoms. The number of nitrogens with zero attached hydrogens (tertiary/aromatic N) is 1. The van der Waals surface area contributed by atoms with Crippen molar-refractivity contribution in [3.63, 3.8) is 0 Å². The van der Waals surface area contributed by atoms with E-state index in [2.05, 4.69) is 5.32 Å². The Balaban J connectivity index is 1.62. The molecule has 0 unspecified atom stereocenters. The molecule has 1 N–H and O–H groups in total. The fraction of sp³-hybridized carbons (Fsp3) is 0.160. The van der Waals surface area contributed by atoms with Gasteiger partial charge < -0.3 is 10.1 Å². The zero-order valence-corrected chi connectivity index (χ0v) is 20.2. The van der Waals surface area contributed by atoms with Gasteiger partial charge in [-0.25, -0.2) is 8.42 Å². The average molecular weight is 481 g/mol. The van der Waals surface area contributed by atoms with Crippen LogP contribution in [0.15, 0.2) is 77.7 Å². The molecular weight excluding hydrogens is 456 g/mol. The summed E-state index contributed by atoms with van der Waals surface area (Å²) in [6, 6.07) is 21.2. The van der Waals surface area contributed by atoms with E-state index < -0.39 is 10.0 Å². The number of fused-ring (bicyclic) bond motifs is 1. The summed E-state index contributed by atoms with van der Waals surface area (Å²) in [7, 11) is -2.13. The molecule has 0 aliphatic heterocycles. The summed E-state index contributed by atoms with van der Waals surface area (Å²) in [5.74, 6) is 0.425. The van der Waals surface area contributed by atoms with Crippen LogP contribution in [0.2, 0.25) is 0 Å². The van der Waals surface area contributed by atoms with Crippen LogP contribution < -0.4 is 14.4 Å². The number of hydrogen-bond acceptors (Lipinski definition) is 5. The summed E-state index contributed by atoms with van der Waals surface area (Å²) in [5, 5.41) is 3.69. The number of rotatable bonds is 7. The first-order chi connectivity index (χ1) is 15.8. The van der Waals surface area contributed by atoms with Gasteiger partial charge in [-0.05, 0) is 67.8 Å². The highest BCUT2D eigenvalue weighted by Crippen LogP contribution is 2.32. The van der Waals surface area contributed by atoms with Gasteiger partial charge >= 0.3 is 0 Å². The van der Waals surface area contributed by atoms with Gasteiger partial charge in [0, 0.05) is 23.0 Å². The van der Waals surface area contributed by atoms with Crippen LogP contribution in [0.4, 0.5) is 11.4 Å². The molecule has 4 aromatic rings. The van der Waals surface area contributed by atoms with Crippen LogP contribution in [0, 0.1) is 6.92 Å². The normalized spacial score (nSPS) is 11.4. The van der Waals surface area contributed by atoms with Crippen molar-refractivity contribution >= 4 is 48.7 Å². The number of anilines is 2. The van der Waals surface area contributed by atoms with Gasteiger partial charge in [0.1, 0.15) is 5.75 Å². The second kappa shape index (κ2) is 9.25. The van der Waals surface area contributed by atoms with Crippen molar-refractivity contribution in [3.8, 4) is 5.75 Å². The van der Waals surface area contributed by atoms with Gasteiger partial charge in [-0.15, -0.1) is 11.3 Å². The Hall–Kier alpha value is -3.36. The summed E-state index contributed by atoms with van der Waals surface area (Å²) < 4.78 is 33.9. The van der Waals surface area contributed by atoms with E-state index >= 15 is 0 Å². The van der Waals surface area contributed by atoms with E-state index in [0.717, 1.165) is 15.6 Å². The van der Waals surface area contributed by atoms with Gasteiger partial charge in [0.25, 0.3) is 15.9 Å². The second-order valence-electron chi connectivity index (χ2n) is 7.50. The number of ether oxygens (including phenoxy) is 1. The molecule has 0 aliphatic carbocycles. The van der Waals surface area contributed by atoms with Crippen LogP contribution in [0.25, 0.3) is 10.1 Å². The summed E-state index contributed by atoms with van der Waals surface area (Å²) in [6.45, 7) is 4.01. The molecule has 0 bridgehead atoms. The highest BCUT2D eigenvalue weighted by Gasteiger charge is 2.24. The topological polar surface area (TPSA) is 75.7 Å². The Bertz CT molecular complexity index is 1410. The van der Waals surface area contributed by atoms with E-state index in [1.54, 1.807) is 74.7 Å². The third-order valence-corrected chi connectivity index (χ3v) is 8.27. The van der Waals surface area contributed by atoms with Crippen molar-refractivity contribution in [2.45, 2.75) is 18.7 Å². The number of amides is 1. The van der Waals surface area contributed by atoms with Crippen molar-refractivity contribution in [1.82, 2.24) is 0 Å². The van der Waals surface area contributed by atoms with Gasteiger partial charge in [0.05, 0.1) is 22.6 Å². The molecule has 0 fully saturated rings. The van der Waals surface area contributed by atoms with Crippen LogP contribution in [0.3, 0.4) is 0 Å². The summed E-state index contributed by atoms with van der Waals surface area (Å²) in [4.78, 5) is 13.6. The van der Waals surface area contributed by atoms with Crippen molar-refractivity contribution in [2.75, 3.05) is 23.3 Å². The molecule has 3 aromatic carbocycles. The van der Waals surface area contributed by atoms with E-state index in [0.29, 0.717) is 22.0 Å². The molecule has 0 saturated heterocycles. The van der Waals surface area contributed by atoms with Gasteiger partial charge in [-0.3, -0.25) is 9.10 Å². The molecule has 1 amide bonds. The molecule has 0 radical (unpaired) electrons. The third kappa shape index (κ3) is 4.72. The van der Waals surface area contributed by atoms with E-state index in [1.165, 1.54) is 15.6 Å². The van der Waals surface area contributed by atoms with E-state index in [9.17, 15) is 13.2 Å². The van der Waals surface area contributed by atoms with Crippen molar-refractivity contribution < 1.29 is 17.9 Å². The van der Waals surface area contributed by atoms with E-state index in [1.807, 2.05) is 19.1 Å². The van der Waals surface area contributed by atoms with E-state index in [-0.39, 0.29) is 17.3 Å². The lowest BCUT2D eigenvalue weighted by molar-refractivity contribution is 0.103. The lowest BCUT2D eigenvalue weighted by Gasteiger charge is -2.23. The second-order valence-corrected chi connectivity index (χ2v) is 10.4. The monoisotopic (exact) mass is 480 g/mol. The van der Waals surface area contributed by atoms with Crippen LogP contribution in [0.1, 0.15) is 22.2 Å². The molecule has 170 valence electrons. The fourth-order valence-electron chi connectivity index (χ4n) is 3.52. The Labute approximate surface area is 197 Å². The molecule has 1 aromatic heterocycles. The van der Waals surface area contributed by atoms with Gasteiger partial charge in [0.15, 0.2) is 0 Å². The van der Waals surface area contributed by atoms with Crippen LogP contribution in [-0.2, 0) is 10.0 Å². The largest absolute Gasteiger partial charge is 0.497 e. The first-order valence-corrected chi connectivity index (χ1v) is 12.7. The molecule has 0 spiro atoms. The minimum Gasteiger partial charge on any atom is -0.497 e. The Morgan fingerprint density at radius 2 is 1.79 bits per heavy atom. The number of methoxy groups -OCH3 is 1. The molecule has 0 atom stereocenters. The number of carbonyl (C=O) groups excluding carboxylic acids is 1. The van der Waals surface area contributed by atoms with Crippen molar-refractivity contribution in [2.24, 2.45) is 0 Å². The minimum absolute atomic E-state index is 0.231. The smallest absolute Gasteiger partial charge is 0.265 e. The molecule has 0 saturated carbocycles. The highest BCUT2D eigenvalue weighted by molar-refractivity contribution is 7.92. The predicted octanol–water partition coefficient (Wildman–Crippen LogP) is 5.69. The highest BCUT2D eigenvalue weighted by atomic mass is 32.2. The Kier molecular flexibility index (Phi) is 6.40. The maximum Gasteiger partial charge on any atom is 0.265 e. The van der Waals surface area contributed by atoms with Gasteiger partial charge in [0.2, 0.25) is 0 Å². The first-order valence-electron chi connectivity index (χ1n) is 10.4. The number of benzene rings is 3. The first kappa shape index (κ1) is 22.8. The molecule has 6 nitrogen and oxygen atoms in total. The molecule has 0 aliphatic rings. The zero-order valence-electron chi connectivity index (χ0n) is 18.5. The van der Waals surface area contributed by atoms with E-state index in [4.69, 9.17) is 4.74 Å². The van der Waals surface area contributed by atoms with Gasteiger partial charge in [-0.1, -0.05) is 23.8 Å². The lowest BCUT2D eigenvalue weighted by atomic mass is 10.2. The van der Waals surface area contributed by atoms with Crippen molar-refractivity contribution in [3.05, 3.63) is 83.2 Å². The molecule has 1 heterocycles. The third-order valence-electron chi connectivity index (χ3n) is 5.24. The SMILES string of the molecule is CCN(c1ccc2sc(C(=O)Nc3cccc(OC)c3)cc2c1)S(=O)(=O)c1ccc(C)cc1. The number of sulfonamides is 1. The van der Waals surface area contributed by atoms with Crippen LogP contribution in [-0.4, -0.2) is 28.0 Å². The number of carbonyl (C=O) groups is 1. The maximum atomic E-state index is 13.2. The standard InChI is InChI=1S/C25H24N2O4S2/c1-4-27(33(29,30)22-11-8-17(2)9-12-22)20-10-13-23-18(14-20)15-24(32-23)25(28)26-19-6-5-7-21(16-19)31-3/h5-16H,4H2,1-3H3,(H,26,28). The molecule has 33 heavy (non-hydrogen) atoms. The number of nitrogens with one attached hydrogen (secondary N) is 1. The Morgan fingerprint density at radius 1 is 1.03 bits per heavy atom. The number of aryl methyl sites for hydroxylation is 1. The minimum atomic E-state index is -3.70. The molecular formula is C25H24N2O4S2. The number of thiophene rings is 1. The Morgan fingerprint density at radius 3 is 2.48 bits per heavy atom. The molecule has 4 rings (SSSR count).